The molecule has 0 aromatic carbocycles. The first-order valence-electron chi connectivity index (χ1n) is 8.37. The Morgan fingerprint density at radius 2 is 1.92 bits per heavy atom. The monoisotopic (exact) mass is 419 g/mol. The first kappa shape index (κ1) is 27.2. The molecule has 0 saturated heterocycles. The molecule has 0 bridgehead atoms. The van der Waals surface area contributed by atoms with Gasteiger partial charge in [0.15, 0.2) is 0 Å². The molecular formula is C20H29Cl2O2Ti. The van der Waals surface area contributed by atoms with Gasteiger partial charge in [0.05, 0.1) is 6.61 Å². The van der Waals surface area contributed by atoms with Crippen LogP contribution in [0.5, 0.6) is 0 Å². The van der Waals surface area contributed by atoms with Crippen molar-refractivity contribution in [2.75, 3.05) is 6.61 Å². The van der Waals surface area contributed by atoms with Crippen molar-refractivity contribution in [1.29, 1.82) is 0 Å². The number of ether oxygens (including phenoxy) is 2. The van der Waals surface area contributed by atoms with E-state index in [-0.39, 0.29) is 51.9 Å². The van der Waals surface area contributed by atoms with E-state index in [1.807, 2.05) is 6.08 Å². The van der Waals surface area contributed by atoms with Gasteiger partial charge in [-0.25, -0.2) is 6.08 Å². The normalized spacial score (nSPS) is 21.9. The summed E-state index contributed by atoms with van der Waals surface area (Å²) in [4.78, 5) is 0. The molecular weight excluding hydrogens is 391 g/mol. The van der Waals surface area contributed by atoms with Gasteiger partial charge in [0.1, 0.15) is 0 Å². The maximum Gasteiger partial charge on any atom is 3.00 e. The summed E-state index contributed by atoms with van der Waals surface area (Å²) in [7, 11) is 0. The van der Waals surface area contributed by atoms with Crippen molar-refractivity contribution in [1.82, 2.24) is 0 Å². The Kier molecular flexibility index (Phi) is 12.7. The Morgan fingerprint density at radius 1 is 1.24 bits per heavy atom. The largest absolute Gasteiger partial charge is 3.00 e. The van der Waals surface area contributed by atoms with Crippen LogP contribution < -0.4 is 24.8 Å². The fourth-order valence-electron chi connectivity index (χ4n) is 2.87. The standard InChI is InChI=1S/C20H29O2.2ClH.Ti/c1-6-7-14-21-20(22-17-10-8-9-11-17)13-12-16(2)15-18(20)19(3,4)5;;;/h8,10,12,15H,6-7,9,13-14H2,1-5H3;2*1H;/q-1;;;+3/p-2. The van der Waals surface area contributed by atoms with E-state index in [0.717, 1.165) is 31.4 Å². The molecule has 0 N–H and O–H groups in total. The summed E-state index contributed by atoms with van der Waals surface area (Å²) in [6, 6.07) is 0. The molecule has 0 heterocycles. The predicted molar refractivity (Wildman–Crippen MR) is 91.1 cm³/mol. The number of unbranched alkanes of at least 4 members (excludes halogenated alkanes) is 1. The predicted octanol–water partition coefficient (Wildman–Crippen LogP) is -0.509. The van der Waals surface area contributed by atoms with Crippen LogP contribution in [0.4, 0.5) is 0 Å². The molecule has 0 aromatic rings. The molecule has 0 aromatic heterocycles. The van der Waals surface area contributed by atoms with E-state index < -0.39 is 5.79 Å². The van der Waals surface area contributed by atoms with Gasteiger partial charge in [-0.2, -0.15) is 12.2 Å². The van der Waals surface area contributed by atoms with Crippen LogP contribution in [0.15, 0.2) is 41.2 Å². The third-order valence-electron chi connectivity index (χ3n) is 4.05. The molecule has 1 radical (unpaired) electrons. The molecule has 0 spiro atoms. The Labute approximate surface area is 180 Å². The van der Waals surface area contributed by atoms with E-state index in [9.17, 15) is 0 Å². The first-order valence-corrected chi connectivity index (χ1v) is 8.37. The van der Waals surface area contributed by atoms with Gasteiger partial charge in [0.25, 0.3) is 0 Å². The van der Waals surface area contributed by atoms with Gasteiger partial charge < -0.3 is 34.3 Å². The number of hydrogen-bond acceptors (Lipinski definition) is 2. The van der Waals surface area contributed by atoms with Crippen LogP contribution >= 0.6 is 0 Å². The summed E-state index contributed by atoms with van der Waals surface area (Å²) < 4.78 is 12.7. The Bertz CT molecular complexity index is 530. The smallest absolute Gasteiger partial charge is 1.00 e. The third kappa shape index (κ3) is 7.27. The zero-order valence-corrected chi connectivity index (χ0v) is 19.0. The summed E-state index contributed by atoms with van der Waals surface area (Å²) in [6.45, 7) is 11.7. The van der Waals surface area contributed by atoms with E-state index in [0.29, 0.717) is 6.61 Å². The van der Waals surface area contributed by atoms with Crippen molar-refractivity contribution >= 4 is 0 Å². The van der Waals surface area contributed by atoms with Gasteiger partial charge in [-0.1, -0.05) is 51.8 Å². The molecule has 2 rings (SSSR count). The molecule has 0 amide bonds. The maximum atomic E-state index is 6.36. The Balaban J connectivity index is 0. The zero-order valence-electron chi connectivity index (χ0n) is 15.9. The van der Waals surface area contributed by atoms with Gasteiger partial charge in [-0.05, 0) is 24.5 Å². The summed E-state index contributed by atoms with van der Waals surface area (Å²) in [5, 5.41) is 0. The van der Waals surface area contributed by atoms with E-state index in [4.69, 9.17) is 9.47 Å². The number of halogens is 2. The molecule has 2 aliphatic rings. The SMILES string of the molecule is CCCCOC1(OC2=[C-]CC=C2)CC=C(C)C=C1C(C)(C)C.[Cl-].[Cl-].[Ti+3]. The van der Waals surface area contributed by atoms with Crippen LogP contribution in [-0.2, 0) is 31.2 Å². The summed E-state index contributed by atoms with van der Waals surface area (Å²) in [5.74, 6) is 0.115. The van der Waals surface area contributed by atoms with E-state index in [1.165, 1.54) is 11.1 Å². The minimum atomic E-state index is -0.691. The van der Waals surface area contributed by atoms with Crippen molar-refractivity contribution in [3.8, 4) is 0 Å². The quantitative estimate of drug-likeness (QED) is 0.250. The van der Waals surface area contributed by atoms with Crippen molar-refractivity contribution in [3.63, 3.8) is 0 Å². The summed E-state index contributed by atoms with van der Waals surface area (Å²) in [6.07, 6.45) is 15.5. The van der Waals surface area contributed by atoms with Crippen LogP contribution in [-0.4, -0.2) is 12.4 Å². The molecule has 0 aliphatic heterocycles. The molecule has 2 aliphatic carbocycles. The van der Waals surface area contributed by atoms with Crippen LogP contribution in [0.3, 0.4) is 0 Å². The number of hydrogen-bond donors (Lipinski definition) is 0. The number of rotatable bonds is 6. The molecule has 1 unspecified atom stereocenters. The third-order valence-corrected chi connectivity index (χ3v) is 4.05. The fourth-order valence-corrected chi connectivity index (χ4v) is 2.87. The fraction of sp³-hybridized carbons (Fsp3) is 0.600. The number of allylic oxidation sites excluding steroid dienone is 5. The van der Waals surface area contributed by atoms with Gasteiger partial charge >= 0.3 is 21.7 Å². The minimum Gasteiger partial charge on any atom is -1.00 e. The van der Waals surface area contributed by atoms with E-state index in [1.54, 1.807) is 0 Å². The second-order valence-electron chi connectivity index (χ2n) is 7.16. The van der Waals surface area contributed by atoms with Crippen LogP contribution in [0.1, 0.15) is 60.3 Å². The summed E-state index contributed by atoms with van der Waals surface area (Å²) >= 11 is 0. The zero-order chi connectivity index (χ0) is 16.2. The van der Waals surface area contributed by atoms with Crippen LogP contribution in [0.25, 0.3) is 0 Å². The van der Waals surface area contributed by atoms with Crippen LogP contribution in [0.2, 0.25) is 0 Å². The van der Waals surface area contributed by atoms with Crippen molar-refractivity contribution in [2.45, 2.75) is 66.1 Å². The molecule has 0 fully saturated rings. The maximum absolute atomic E-state index is 6.36. The van der Waals surface area contributed by atoms with Crippen molar-refractivity contribution < 1.29 is 56.0 Å². The Morgan fingerprint density at radius 3 is 2.44 bits per heavy atom. The average Bonchev–Trinajstić information content (AvgIpc) is 2.93. The van der Waals surface area contributed by atoms with Gasteiger partial charge in [-0.15, -0.1) is 6.42 Å². The first-order chi connectivity index (χ1) is 10.4. The van der Waals surface area contributed by atoms with Crippen LogP contribution in [0, 0.1) is 11.5 Å². The average molecular weight is 420 g/mol. The van der Waals surface area contributed by atoms with Gasteiger partial charge in [-0.3, -0.25) is 0 Å². The minimum absolute atomic E-state index is 0. The van der Waals surface area contributed by atoms with Crippen molar-refractivity contribution in [3.05, 3.63) is 47.3 Å². The van der Waals surface area contributed by atoms with Gasteiger partial charge in [0, 0.05) is 12.0 Å². The molecule has 2 nitrogen and oxygen atoms in total. The second-order valence-corrected chi connectivity index (χ2v) is 7.16. The second kappa shape index (κ2) is 11.7. The molecule has 139 valence electrons. The van der Waals surface area contributed by atoms with Gasteiger partial charge in [0.2, 0.25) is 5.79 Å². The molecule has 1 atom stereocenters. The topological polar surface area (TPSA) is 18.5 Å². The Hall–Kier alpha value is 0.0143. The molecule has 5 heteroatoms. The molecule has 0 saturated carbocycles. The molecule has 25 heavy (non-hydrogen) atoms. The van der Waals surface area contributed by atoms with E-state index >= 15 is 0 Å². The van der Waals surface area contributed by atoms with E-state index in [2.05, 4.69) is 58.9 Å². The van der Waals surface area contributed by atoms with Crippen molar-refractivity contribution in [2.24, 2.45) is 5.41 Å². The summed E-state index contributed by atoms with van der Waals surface area (Å²) in [5.41, 5.74) is 2.49.